The number of aryl methyl sites for hydroxylation is 1. The molecule has 2 aliphatic rings. The summed E-state index contributed by atoms with van der Waals surface area (Å²) in [5, 5.41) is 0. The molecule has 1 fully saturated rings. The molecule has 2 heterocycles. The minimum Gasteiger partial charge on any atom is -0.260 e. The lowest BCUT2D eigenvalue weighted by Gasteiger charge is -2.34. The number of allylic oxidation sites excluding steroid dienone is 1. The molecule has 0 N–H and O–H groups in total. The van der Waals surface area contributed by atoms with Crippen molar-refractivity contribution in [3.05, 3.63) is 64.5 Å². The molecule has 0 radical (unpaired) electrons. The summed E-state index contributed by atoms with van der Waals surface area (Å²) in [5.74, 6) is 1.42. The SMILES string of the molecule is Cc1ccc2c(c1)C=C(CCl)c1cccnc1C2C1CCN(S)CC1. The van der Waals surface area contributed by atoms with Gasteiger partial charge in [0.1, 0.15) is 0 Å². The van der Waals surface area contributed by atoms with Gasteiger partial charge >= 0.3 is 0 Å². The van der Waals surface area contributed by atoms with Crippen LogP contribution in [0.2, 0.25) is 0 Å². The van der Waals surface area contributed by atoms with Crippen LogP contribution in [0.25, 0.3) is 11.6 Å². The fourth-order valence-electron chi connectivity index (χ4n) is 4.26. The van der Waals surface area contributed by atoms with E-state index in [0.717, 1.165) is 25.9 Å². The van der Waals surface area contributed by atoms with Gasteiger partial charge < -0.3 is 0 Å². The quantitative estimate of drug-likeness (QED) is 0.579. The highest BCUT2D eigenvalue weighted by atomic mass is 35.5. The van der Waals surface area contributed by atoms with Gasteiger partial charge in [-0.3, -0.25) is 9.29 Å². The first kappa shape index (κ1) is 17.1. The van der Waals surface area contributed by atoms with E-state index in [4.69, 9.17) is 16.6 Å². The molecule has 1 unspecified atom stereocenters. The summed E-state index contributed by atoms with van der Waals surface area (Å²) in [6.07, 6.45) is 6.48. The highest BCUT2D eigenvalue weighted by Gasteiger charge is 2.33. The van der Waals surface area contributed by atoms with E-state index < -0.39 is 0 Å². The lowest BCUT2D eigenvalue weighted by atomic mass is 9.76. The largest absolute Gasteiger partial charge is 0.260 e. The third-order valence-electron chi connectivity index (χ3n) is 5.52. The van der Waals surface area contributed by atoms with Crippen molar-refractivity contribution in [2.45, 2.75) is 25.7 Å². The Morgan fingerprint density at radius 1 is 1.24 bits per heavy atom. The van der Waals surface area contributed by atoms with E-state index in [0.29, 0.717) is 17.7 Å². The van der Waals surface area contributed by atoms with E-state index in [1.165, 1.54) is 33.5 Å². The highest BCUT2D eigenvalue weighted by Crippen LogP contribution is 2.44. The van der Waals surface area contributed by atoms with Gasteiger partial charge in [0, 0.05) is 36.6 Å². The Labute approximate surface area is 160 Å². The van der Waals surface area contributed by atoms with Crippen LogP contribution in [-0.4, -0.2) is 28.3 Å². The van der Waals surface area contributed by atoms with Crippen LogP contribution in [0.3, 0.4) is 0 Å². The van der Waals surface area contributed by atoms with Crippen molar-refractivity contribution in [1.29, 1.82) is 0 Å². The number of halogens is 1. The van der Waals surface area contributed by atoms with E-state index in [-0.39, 0.29) is 0 Å². The van der Waals surface area contributed by atoms with Crippen molar-refractivity contribution in [2.24, 2.45) is 5.92 Å². The number of thiol groups is 1. The average Bonchev–Trinajstić information content (AvgIpc) is 2.76. The Morgan fingerprint density at radius 2 is 2.04 bits per heavy atom. The number of alkyl halides is 1. The summed E-state index contributed by atoms with van der Waals surface area (Å²) < 4.78 is 2.13. The molecular formula is C21H23ClN2S. The predicted molar refractivity (Wildman–Crippen MR) is 109 cm³/mol. The Morgan fingerprint density at radius 3 is 2.80 bits per heavy atom. The fourth-order valence-corrected chi connectivity index (χ4v) is 4.71. The molecule has 1 aromatic heterocycles. The highest BCUT2D eigenvalue weighted by molar-refractivity contribution is 7.77. The number of rotatable bonds is 2. The Balaban J connectivity index is 1.90. The number of benzene rings is 1. The molecule has 0 bridgehead atoms. The molecule has 1 saturated heterocycles. The normalized spacial score (nSPS) is 21.2. The number of fused-ring (bicyclic) bond motifs is 2. The van der Waals surface area contributed by atoms with E-state index in [9.17, 15) is 0 Å². The van der Waals surface area contributed by atoms with Gasteiger partial charge in [0.15, 0.2) is 0 Å². The number of nitrogens with zero attached hydrogens (tertiary/aromatic N) is 2. The zero-order valence-corrected chi connectivity index (χ0v) is 16.1. The van der Waals surface area contributed by atoms with E-state index >= 15 is 0 Å². The van der Waals surface area contributed by atoms with Gasteiger partial charge in [0.05, 0.1) is 5.69 Å². The van der Waals surface area contributed by atoms with Gasteiger partial charge in [-0.05, 0) is 54.5 Å². The molecule has 0 saturated carbocycles. The van der Waals surface area contributed by atoms with E-state index in [1.54, 1.807) is 0 Å². The third kappa shape index (κ3) is 3.25. The molecule has 2 nitrogen and oxygen atoms in total. The number of piperidine rings is 1. The minimum atomic E-state index is 0.325. The molecule has 130 valence electrons. The molecule has 1 aromatic carbocycles. The molecule has 4 heteroatoms. The Bertz CT molecular complexity index is 809. The number of pyridine rings is 1. The minimum absolute atomic E-state index is 0.325. The lowest BCUT2D eigenvalue weighted by Crippen LogP contribution is -2.31. The van der Waals surface area contributed by atoms with Crippen molar-refractivity contribution >= 4 is 36.1 Å². The second-order valence-electron chi connectivity index (χ2n) is 7.14. The van der Waals surface area contributed by atoms with E-state index in [2.05, 4.69) is 54.4 Å². The van der Waals surface area contributed by atoms with Crippen LogP contribution in [-0.2, 0) is 0 Å². The van der Waals surface area contributed by atoms with Gasteiger partial charge in [0.2, 0.25) is 0 Å². The van der Waals surface area contributed by atoms with Crippen molar-refractivity contribution < 1.29 is 0 Å². The van der Waals surface area contributed by atoms with Crippen molar-refractivity contribution in [3.63, 3.8) is 0 Å². The van der Waals surface area contributed by atoms with Crippen LogP contribution in [0.5, 0.6) is 0 Å². The Kier molecular flexibility index (Phi) is 4.90. The van der Waals surface area contributed by atoms with Gasteiger partial charge in [0.25, 0.3) is 0 Å². The fraction of sp³-hybridized carbons (Fsp3) is 0.381. The van der Waals surface area contributed by atoms with Crippen molar-refractivity contribution in [1.82, 2.24) is 9.29 Å². The zero-order chi connectivity index (χ0) is 17.4. The first-order valence-corrected chi connectivity index (χ1v) is 9.87. The monoisotopic (exact) mass is 370 g/mol. The Hall–Kier alpha value is -1.29. The molecule has 0 spiro atoms. The molecule has 4 rings (SSSR count). The van der Waals surface area contributed by atoms with Gasteiger partial charge in [-0.2, -0.15) is 0 Å². The second kappa shape index (κ2) is 7.14. The number of hydrogen-bond donors (Lipinski definition) is 1. The molecular weight excluding hydrogens is 348 g/mol. The number of aromatic nitrogens is 1. The topological polar surface area (TPSA) is 16.1 Å². The number of hydrogen-bond acceptors (Lipinski definition) is 3. The average molecular weight is 371 g/mol. The maximum atomic E-state index is 6.33. The smallest absolute Gasteiger partial charge is 0.0556 e. The molecule has 1 aliphatic carbocycles. The van der Waals surface area contributed by atoms with Crippen LogP contribution < -0.4 is 0 Å². The molecule has 2 aromatic rings. The van der Waals surface area contributed by atoms with Gasteiger partial charge in [-0.1, -0.05) is 42.6 Å². The molecule has 1 aliphatic heterocycles. The van der Waals surface area contributed by atoms with Gasteiger partial charge in [-0.15, -0.1) is 11.6 Å². The third-order valence-corrected chi connectivity index (χ3v) is 6.21. The predicted octanol–water partition coefficient (Wildman–Crippen LogP) is 5.17. The summed E-state index contributed by atoms with van der Waals surface area (Å²) in [7, 11) is 0. The summed E-state index contributed by atoms with van der Waals surface area (Å²) in [4.78, 5) is 4.84. The summed E-state index contributed by atoms with van der Waals surface area (Å²) in [6.45, 7) is 4.21. The second-order valence-corrected chi connectivity index (χ2v) is 7.97. The van der Waals surface area contributed by atoms with E-state index in [1.807, 2.05) is 12.3 Å². The van der Waals surface area contributed by atoms with Crippen molar-refractivity contribution in [3.8, 4) is 0 Å². The maximum Gasteiger partial charge on any atom is 0.0556 e. The first-order valence-electron chi connectivity index (χ1n) is 8.93. The van der Waals surface area contributed by atoms with Crippen LogP contribution in [0.15, 0.2) is 36.5 Å². The van der Waals surface area contributed by atoms with Crippen LogP contribution in [0.4, 0.5) is 0 Å². The van der Waals surface area contributed by atoms with Crippen LogP contribution in [0, 0.1) is 12.8 Å². The van der Waals surface area contributed by atoms with Crippen LogP contribution in [0.1, 0.15) is 46.7 Å². The summed E-state index contributed by atoms with van der Waals surface area (Å²) in [6, 6.07) is 11.0. The standard InChI is InChI=1S/C21H23ClN2S/c1-14-4-5-18-16(11-14)12-17(13-22)19-3-2-8-23-21(19)20(18)15-6-9-24(25)10-7-15/h2-5,8,11-12,15,20,25H,6-7,9-10,13H2,1H3. The summed E-state index contributed by atoms with van der Waals surface area (Å²) in [5.41, 5.74) is 7.55. The van der Waals surface area contributed by atoms with Gasteiger partial charge in [-0.25, -0.2) is 0 Å². The summed E-state index contributed by atoms with van der Waals surface area (Å²) >= 11 is 10.9. The molecule has 0 amide bonds. The van der Waals surface area contributed by atoms with Crippen LogP contribution >= 0.6 is 24.4 Å². The first-order chi connectivity index (χ1) is 12.2. The lowest BCUT2D eigenvalue weighted by molar-refractivity contribution is 0.271. The molecule has 25 heavy (non-hydrogen) atoms. The van der Waals surface area contributed by atoms with Crippen molar-refractivity contribution in [2.75, 3.05) is 19.0 Å². The molecule has 1 atom stereocenters. The maximum absolute atomic E-state index is 6.33. The zero-order valence-electron chi connectivity index (χ0n) is 14.5.